The monoisotopic (exact) mass is 380 g/mol. The van der Waals surface area contributed by atoms with Crippen molar-refractivity contribution in [2.75, 3.05) is 18.5 Å². The molecule has 2 aromatic carbocycles. The summed E-state index contributed by atoms with van der Waals surface area (Å²) in [6.07, 6.45) is 1.71. The first-order valence-electron chi connectivity index (χ1n) is 9.18. The first-order valence-corrected chi connectivity index (χ1v) is 9.18. The number of hydrogen-bond acceptors (Lipinski definition) is 5. The van der Waals surface area contributed by atoms with Gasteiger partial charge in [-0.25, -0.2) is 0 Å². The molecule has 4 rings (SSSR count). The number of anilines is 1. The summed E-state index contributed by atoms with van der Waals surface area (Å²) in [5.41, 5.74) is 1.32. The van der Waals surface area contributed by atoms with Crippen molar-refractivity contribution in [3.8, 4) is 11.5 Å². The fourth-order valence-corrected chi connectivity index (χ4v) is 3.47. The molecule has 0 aliphatic carbocycles. The van der Waals surface area contributed by atoms with Gasteiger partial charge in [-0.1, -0.05) is 6.07 Å². The van der Waals surface area contributed by atoms with Gasteiger partial charge < -0.3 is 14.8 Å². The highest BCUT2D eigenvalue weighted by atomic mass is 16.5. The van der Waals surface area contributed by atoms with E-state index in [1.165, 1.54) is 11.8 Å². The number of fused-ring (bicyclic) bond motifs is 1. The molecule has 2 heterocycles. The Morgan fingerprint density at radius 3 is 2.68 bits per heavy atom. The summed E-state index contributed by atoms with van der Waals surface area (Å²) in [5, 5.41) is 2.69. The average molecular weight is 380 g/mol. The minimum absolute atomic E-state index is 0.0885. The fourth-order valence-electron chi connectivity index (χ4n) is 3.47. The van der Waals surface area contributed by atoms with Crippen molar-refractivity contribution in [3.05, 3.63) is 53.6 Å². The molecule has 28 heavy (non-hydrogen) atoms. The summed E-state index contributed by atoms with van der Waals surface area (Å²) < 4.78 is 11.4. The van der Waals surface area contributed by atoms with Crippen LogP contribution in [0.15, 0.2) is 42.5 Å². The highest BCUT2D eigenvalue weighted by Crippen LogP contribution is 2.31. The van der Waals surface area contributed by atoms with Crippen molar-refractivity contribution in [2.45, 2.75) is 25.9 Å². The maximum atomic E-state index is 12.7. The van der Waals surface area contributed by atoms with E-state index in [0.717, 1.165) is 12.8 Å². The van der Waals surface area contributed by atoms with Crippen molar-refractivity contribution >= 4 is 23.4 Å². The summed E-state index contributed by atoms with van der Waals surface area (Å²) in [4.78, 5) is 37.8. The van der Waals surface area contributed by atoms with Gasteiger partial charge in [-0.15, -0.1) is 0 Å². The van der Waals surface area contributed by atoms with Crippen LogP contribution in [0.5, 0.6) is 11.5 Å². The molecule has 2 aliphatic heterocycles. The number of rotatable bonds is 5. The van der Waals surface area contributed by atoms with Gasteiger partial charge in [-0.3, -0.25) is 19.3 Å². The van der Waals surface area contributed by atoms with E-state index in [0.29, 0.717) is 34.9 Å². The van der Waals surface area contributed by atoms with Crippen LogP contribution in [0.3, 0.4) is 0 Å². The molecule has 0 bridgehead atoms. The summed E-state index contributed by atoms with van der Waals surface area (Å²) in [7, 11) is 0. The van der Waals surface area contributed by atoms with Gasteiger partial charge >= 0.3 is 0 Å². The molecule has 1 N–H and O–H groups in total. The SMILES string of the molecule is CC(=O)Nc1cccc(Oc2ccc3c(c2)C(=O)N(CC2CCCO2)C3=O)c1. The highest BCUT2D eigenvalue weighted by Gasteiger charge is 2.37. The van der Waals surface area contributed by atoms with E-state index in [1.807, 2.05) is 0 Å². The van der Waals surface area contributed by atoms with E-state index in [4.69, 9.17) is 9.47 Å². The quantitative estimate of drug-likeness (QED) is 0.805. The van der Waals surface area contributed by atoms with Gasteiger partial charge in [-0.2, -0.15) is 0 Å². The molecule has 2 aliphatic rings. The Kier molecular flexibility index (Phi) is 4.83. The number of amides is 3. The van der Waals surface area contributed by atoms with Crippen LogP contribution in [-0.2, 0) is 9.53 Å². The third-order valence-electron chi connectivity index (χ3n) is 4.74. The minimum Gasteiger partial charge on any atom is -0.457 e. The van der Waals surface area contributed by atoms with E-state index in [9.17, 15) is 14.4 Å². The normalized spacial score (nSPS) is 18.3. The summed E-state index contributed by atoms with van der Waals surface area (Å²) in [6, 6.07) is 11.8. The van der Waals surface area contributed by atoms with Crippen molar-refractivity contribution in [1.82, 2.24) is 4.90 Å². The van der Waals surface area contributed by atoms with Crippen LogP contribution < -0.4 is 10.1 Å². The van der Waals surface area contributed by atoms with E-state index < -0.39 is 0 Å². The molecular weight excluding hydrogens is 360 g/mol. The lowest BCUT2D eigenvalue weighted by Crippen LogP contribution is -2.36. The molecular formula is C21H20N2O5. The smallest absolute Gasteiger partial charge is 0.261 e. The van der Waals surface area contributed by atoms with Gasteiger partial charge in [0.05, 0.1) is 23.8 Å². The Bertz CT molecular complexity index is 950. The predicted octanol–water partition coefficient (Wildman–Crippen LogP) is 3.21. The number of ether oxygens (including phenoxy) is 2. The van der Waals surface area contributed by atoms with Gasteiger partial charge in [0.1, 0.15) is 11.5 Å². The molecule has 1 unspecified atom stereocenters. The molecule has 1 atom stereocenters. The molecule has 144 valence electrons. The standard InChI is InChI=1S/C21H20N2O5/c1-13(24)22-14-4-2-5-15(10-14)28-16-7-8-18-19(11-16)21(26)23(20(18)25)12-17-6-3-9-27-17/h2,4-5,7-8,10-11,17H,3,6,9,12H2,1H3,(H,22,24). The second-order valence-electron chi connectivity index (χ2n) is 6.87. The second-order valence-corrected chi connectivity index (χ2v) is 6.87. The van der Waals surface area contributed by atoms with Crippen LogP contribution in [0, 0.1) is 0 Å². The van der Waals surface area contributed by atoms with Gasteiger partial charge in [0.25, 0.3) is 11.8 Å². The zero-order chi connectivity index (χ0) is 19.7. The molecule has 0 saturated carbocycles. The molecule has 0 spiro atoms. The van der Waals surface area contributed by atoms with Crippen molar-refractivity contribution in [3.63, 3.8) is 0 Å². The number of nitrogens with one attached hydrogen (secondary N) is 1. The van der Waals surface area contributed by atoms with Crippen LogP contribution in [0.1, 0.15) is 40.5 Å². The van der Waals surface area contributed by atoms with E-state index in [2.05, 4.69) is 5.32 Å². The summed E-state index contributed by atoms with van der Waals surface area (Å²) in [5.74, 6) is 0.158. The lowest BCUT2D eigenvalue weighted by Gasteiger charge is -2.17. The summed E-state index contributed by atoms with van der Waals surface area (Å²) >= 11 is 0. The molecule has 1 fully saturated rings. The largest absolute Gasteiger partial charge is 0.457 e. The maximum absolute atomic E-state index is 12.7. The van der Waals surface area contributed by atoms with Crippen LogP contribution >= 0.6 is 0 Å². The van der Waals surface area contributed by atoms with Crippen molar-refractivity contribution in [1.29, 1.82) is 0 Å². The van der Waals surface area contributed by atoms with Crippen LogP contribution in [0.2, 0.25) is 0 Å². The summed E-state index contributed by atoms with van der Waals surface area (Å²) in [6.45, 7) is 2.38. The Morgan fingerprint density at radius 2 is 1.93 bits per heavy atom. The van der Waals surface area contributed by atoms with Gasteiger partial charge in [0, 0.05) is 25.3 Å². The lowest BCUT2D eigenvalue weighted by molar-refractivity contribution is -0.114. The zero-order valence-electron chi connectivity index (χ0n) is 15.4. The molecule has 7 heteroatoms. The zero-order valence-corrected chi connectivity index (χ0v) is 15.4. The van der Waals surface area contributed by atoms with E-state index in [1.54, 1.807) is 42.5 Å². The first kappa shape index (κ1) is 18.2. The first-order chi connectivity index (χ1) is 13.5. The molecule has 3 amide bonds. The third kappa shape index (κ3) is 3.61. The van der Waals surface area contributed by atoms with Crippen LogP contribution in [0.25, 0.3) is 0 Å². The van der Waals surface area contributed by atoms with Gasteiger partial charge in [0.2, 0.25) is 5.91 Å². The Labute approximate surface area is 162 Å². The number of nitrogens with zero attached hydrogens (tertiary/aromatic N) is 1. The van der Waals surface area contributed by atoms with Crippen LogP contribution in [0.4, 0.5) is 5.69 Å². The van der Waals surface area contributed by atoms with Crippen molar-refractivity contribution < 1.29 is 23.9 Å². The Hall–Kier alpha value is -3.19. The average Bonchev–Trinajstić information content (AvgIpc) is 3.25. The Balaban J connectivity index is 1.52. The molecule has 7 nitrogen and oxygen atoms in total. The predicted molar refractivity (Wildman–Crippen MR) is 102 cm³/mol. The van der Waals surface area contributed by atoms with Gasteiger partial charge in [0.15, 0.2) is 0 Å². The lowest BCUT2D eigenvalue weighted by atomic mass is 10.1. The van der Waals surface area contributed by atoms with Crippen molar-refractivity contribution in [2.24, 2.45) is 0 Å². The topological polar surface area (TPSA) is 84.9 Å². The van der Waals surface area contributed by atoms with E-state index >= 15 is 0 Å². The Morgan fingerprint density at radius 1 is 1.14 bits per heavy atom. The number of carbonyl (C=O) groups is 3. The second kappa shape index (κ2) is 7.44. The van der Waals surface area contributed by atoms with E-state index in [-0.39, 0.29) is 30.4 Å². The highest BCUT2D eigenvalue weighted by molar-refractivity contribution is 6.21. The molecule has 0 aromatic heterocycles. The minimum atomic E-state index is -0.326. The number of benzene rings is 2. The number of carbonyl (C=O) groups excluding carboxylic acids is 3. The third-order valence-corrected chi connectivity index (χ3v) is 4.74. The molecule has 2 aromatic rings. The number of imide groups is 1. The molecule has 1 saturated heterocycles. The fraction of sp³-hybridized carbons (Fsp3) is 0.286. The van der Waals surface area contributed by atoms with Gasteiger partial charge in [-0.05, 0) is 43.2 Å². The maximum Gasteiger partial charge on any atom is 0.261 e. The molecule has 0 radical (unpaired) electrons. The number of hydrogen-bond donors (Lipinski definition) is 1. The van der Waals surface area contributed by atoms with Crippen LogP contribution in [-0.4, -0.2) is 41.9 Å².